The lowest BCUT2D eigenvalue weighted by Gasteiger charge is -2.07. The molecule has 0 aromatic carbocycles. The normalized spacial score (nSPS) is 10.9. The molecule has 2 aromatic rings. The van der Waals surface area contributed by atoms with Crippen molar-refractivity contribution in [3.63, 3.8) is 0 Å². The zero-order valence-electron chi connectivity index (χ0n) is 9.81. The van der Waals surface area contributed by atoms with Crippen LogP contribution in [0.1, 0.15) is 11.3 Å². The third-order valence-electron chi connectivity index (χ3n) is 2.49. The summed E-state index contributed by atoms with van der Waals surface area (Å²) in [6.45, 7) is 0. The van der Waals surface area contributed by atoms with Gasteiger partial charge in [0.2, 0.25) is 0 Å². The van der Waals surface area contributed by atoms with Crippen molar-refractivity contribution >= 4 is 15.5 Å². The van der Waals surface area contributed by atoms with Crippen molar-refractivity contribution in [3.8, 4) is 6.07 Å². The lowest BCUT2D eigenvalue weighted by Crippen LogP contribution is -2.09. The van der Waals surface area contributed by atoms with Crippen LogP contribution in [-0.4, -0.2) is 18.4 Å². The van der Waals surface area contributed by atoms with Crippen LogP contribution in [0.25, 0.3) is 0 Å². The van der Waals surface area contributed by atoms with Crippen LogP contribution in [0, 0.1) is 11.3 Å². The first-order chi connectivity index (χ1) is 9.04. The molecule has 0 aliphatic carbocycles. The predicted octanol–water partition coefficient (Wildman–Crippen LogP) is 0.904. The molecule has 0 fully saturated rings. The van der Waals surface area contributed by atoms with Crippen LogP contribution < -0.4 is 5.73 Å². The maximum absolute atomic E-state index is 12.2. The highest BCUT2D eigenvalue weighted by molar-refractivity contribution is 7.90. The number of anilines is 1. The van der Waals surface area contributed by atoms with Gasteiger partial charge in [-0.25, -0.2) is 13.4 Å². The van der Waals surface area contributed by atoms with E-state index >= 15 is 0 Å². The molecule has 0 aliphatic rings. The summed E-state index contributed by atoms with van der Waals surface area (Å²) in [7, 11) is -3.63. The largest absolute Gasteiger partial charge is 0.396 e. The average molecular weight is 274 g/mol. The fourth-order valence-corrected chi connectivity index (χ4v) is 3.09. The number of nitrogen functional groups attached to an aromatic ring is 1. The van der Waals surface area contributed by atoms with Gasteiger partial charge in [0, 0.05) is 18.0 Å². The van der Waals surface area contributed by atoms with Gasteiger partial charge in [-0.15, -0.1) is 0 Å². The second kappa shape index (κ2) is 5.04. The summed E-state index contributed by atoms with van der Waals surface area (Å²) in [6.07, 6.45) is 4.08. The Bertz CT molecular complexity index is 750. The monoisotopic (exact) mass is 274 g/mol. The van der Waals surface area contributed by atoms with E-state index in [1.807, 2.05) is 6.07 Å². The minimum Gasteiger partial charge on any atom is -0.396 e. The Kier molecular flexibility index (Phi) is 3.44. The molecule has 19 heavy (non-hydrogen) atoms. The van der Waals surface area contributed by atoms with E-state index in [9.17, 15) is 8.42 Å². The molecular weight excluding hydrogens is 264 g/mol. The van der Waals surface area contributed by atoms with Crippen molar-refractivity contribution < 1.29 is 8.42 Å². The number of nitrogens with zero attached hydrogens (tertiary/aromatic N) is 3. The van der Waals surface area contributed by atoms with Crippen LogP contribution in [0.15, 0.2) is 41.7 Å². The van der Waals surface area contributed by atoms with Gasteiger partial charge in [-0.05, 0) is 12.1 Å². The molecule has 6 nitrogen and oxygen atoms in total. The van der Waals surface area contributed by atoms with Crippen LogP contribution in [0.4, 0.5) is 5.69 Å². The molecule has 0 saturated heterocycles. The van der Waals surface area contributed by atoms with E-state index in [-0.39, 0.29) is 22.0 Å². The second-order valence-electron chi connectivity index (χ2n) is 3.80. The number of hydrogen-bond acceptors (Lipinski definition) is 6. The Balaban J connectivity index is 2.44. The summed E-state index contributed by atoms with van der Waals surface area (Å²) < 4.78 is 24.5. The quantitative estimate of drug-likeness (QED) is 0.890. The molecule has 0 radical (unpaired) electrons. The number of nitrogens with two attached hydrogens (primary N) is 1. The fourth-order valence-electron chi connectivity index (χ4n) is 1.62. The standard InChI is InChI=1S/C12H10N4O2S/c13-6-11-9(2-1-4-16-11)8-19(17,18)12-3-5-15-7-10(12)14/h1-5,7H,8,14H2. The van der Waals surface area contributed by atoms with Crippen molar-refractivity contribution in [1.82, 2.24) is 9.97 Å². The van der Waals surface area contributed by atoms with E-state index in [0.717, 1.165) is 0 Å². The second-order valence-corrected chi connectivity index (χ2v) is 5.75. The summed E-state index contributed by atoms with van der Waals surface area (Å²) in [4.78, 5) is 7.58. The number of sulfone groups is 1. The van der Waals surface area contributed by atoms with Crippen molar-refractivity contribution in [1.29, 1.82) is 5.26 Å². The van der Waals surface area contributed by atoms with Gasteiger partial charge >= 0.3 is 0 Å². The van der Waals surface area contributed by atoms with Gasteiger partial charge in [0.05, 0.1) is 22.5 Å². The fraction of sp³-hybridized carbons (Fsp3) is 0.0833. The first-order valence-electron chi connectivity index (χ1n) is 5.31. The number of pyridine rings is 2. The average Bonchev–Trinajstić information content (AvgIpc) is 2.39. The van der Waals surface area contributed by atoms with Gasteiger partial charge < -0.3 is 5.73 Å². The molecule has 7 heteroatoms. The smallest absolute Gasteiger partial charge is 0.184 e. The minimum atomic E-state index is -3.63. The van der Waals surface area contributed by atoms with Gasteiger partial charge in [0.15, 0.2) is 9.84 Å². The van der Waals surface area contributed by atoms with Crippen molar-refractivity contribution in [2.45, 2.75) is 10.6 Å². The molecule has 2 heterocycles. The molecule has 0 saturated carbocycles. The zero-order chi connectivity index (χ0) is 13.9. The molecule has 0 aliphatic heterocycles. The molecule has 0 amide bonds. The molecule has 2 rings (SSSR count). The molecule has 0 spiro atoms. The topological polar surface area (TPSA) is 110 Å². The maximum atomic E-state index is 12.2. The van der Waals surface area contributed by atoms with Crippen LogP contribution in [0.3, 0.4) is 0 Å². The molecule has 0 unspecified atom stereocenters. The SMILES string of the molecule is N#Cc1ncccc1CS(=O)(=O)c1ccncc1N. The summed E-state index contributed by atoms with van der Waals surface area (Å²) in [6, 6.07) is 6.35. The summed E-state index contributed by atoms with van der Waals surface area (Å²) in [5.41, 5.74) is 6.14. The Hall–Kier alpha value is -2.46. The van der Waals surface area contributed by atoms with Crippen LogP contribution in [0.5, 0.6) is 0 Å². The highest BCUT2D eigenvalue weighted by Gasteiger charge is 2.20. The molecular formula is C12H10N4O2S. The van der Waals surface area contributed by atoms with E-state index in [4.69, 9.17) is 11.0 Å². The van der Waals surface area contributed by atoms with Crippen molar-refractivity contribution in [3.05, 3.63) is 48.0 Å². The Morgan fingerprint density at radius 3 is 2.79 bits per heavy atom. The first-order valence-corrected chi connectivity index (χ1v) is 6.96. The van der Waals surface area contributed by atoms with Crippen LogP contribution >= 0.6 is 0 Å². The van der Waals surface area contributed by atoms with Crippen molar-refractivity contribution in [2.24, 2.45) is 0 Å². The number of aromatic nitrogens is 2. The van der Waals surface area contributed by atoms with Gasteiger partial charge in [-0.2, -0.15) is 5.26 Å². The number of hydrogen-bond donors (Lipinski definition) is 1. The van der Waals surface area contributed by atoms with Crippen LogP contribution in [0.2, 0.25) is 0 Å². The molecule has 2 aromatic heterocycles. The molecule has 0 atom stereocenters. The highest BCUT2D eigenvalue weighted by Crippen LogP contribution is 2.21. The van der Waals surface area contributed by atoms with E-state index in [1.54, 1.807) is 12.1 Å². The summed E-state index contributed by atoms with van der Waals surface area (Å²) in [5, 5.41) is 8.90. The van der Waals surface area contributed by atoms with Crippen LogP contribution in [-0.2, 0) is 15.6 Å². The van der Waals surface area contributed by atoms with E-state index in [2.05, 4.69) is 9.97 Å². The zero-order valence-corrected chi connectivity index (χ0v) is 10.6. The lowest BCUT2D eigenvalue weighted by atomic mass is 10.2. The van der Waals surface area contributed by atoms with Gasteiger partial charge in [0.25, 0.3) is 0 Å². The predicted molar refractivity (Wildman–Crippen MR) is 68.5 cm³/mol. The van der Waals surface area contributed by atoms with Crippen molar-refractivity contribution in [2.75, 3.05) is 5.73 Å². The van der Waals surface area contributed by atoms with Gasteiger partial charge in [-0.1, -0.05) is 6.07 Å². The Labute approximate surface area is 110 Å². The third kappa shape index (κ3) is 2.69. The minimum absolute atomic E-state index is 0.00948. The Morgan fingerprint density at radius 1 is 1.32 bits per heavy atom. The molecule has 2 N–H and O–H groups in total. The number of rotatable bonds is 3. The van der Waals surface area contributed by atoms with E-state index in [0.29, 0.717) is 5.56 Å². The van der Waals surface area contributed by atoms with Gasteiger partial charge in [0.1, 0.15) is 11.8 Å². The summed E-state index contributed by atoms with van der Waals surface area (Å²) >= 11 is 0. The van der Waals surface area contributed by atoms with E-state index < -0.39 is 9.84 Å². The number of nitriles is 1. The molecule has 96 valence electrons. The first kappa shape index (κ1) is 13.0. The van der Waals surface area contributed by atoms with E-state index in [1.165, 1.54) is 24.7 Å². The molecule has 0 bridgehead atoms. The van der Waals surface area contributed by atoms with Gasteiger partial charge in [-0.3, -0.25) is 4.98 Å². The third-order valence-corrected chi connectivity index (χ3v) is 4.22. The summed E-state index contributed by atoms with van der Waals surface area (Å²) in [5.74, 6) is -0.321. The lowest BCUT2D eigenvalue weighted by molar-refractivity contribution is 0.595. The Morgan fingerprint density at radius 2 is 2.11 bits per heavy atom. The maximum Gasteiger partial charge on any atom is 0.184 e. The highest BCUT2D eigenvalue weighted by atomic mass is 32.2.